The number of rotatable bonds is 4. The van der Waals surface area contributed by atoms with E-state index in [0.717, 1.165) is 37.2 Å². The van der Waals surface area contributed by atoms with Gasteiger partial charge in [0.2, 0.25) is 0 Å². The van der Waals surface area contributed by atoms with E-state index in [4.69, 9.17) is 4.42 Å². The fourth-order valence-corrected chi connectivity index (χ4v) is 3.28. The number of hydrogen-bond acceptors (Lipinski definition) is 4. The van der Waals surface area contributed by atoms with Crippen molar-refractivity contribution in [1.82, 2.24) is 14.9 Å². The van der Waals surface area contributed by atoms with Crippen molar-refractivity contribution in [2.24, 2.45) is 0 Å². The van der Waals surface area contributed by atoms with Crippen molar-refractivity contribution < 1.29 is 4.42 Å². The molecule has 1 aromatic carbocycles. The molecule has 1 aliphatic heterocycles. The first-order valence-electron chi connectivity index (χ1n) is 8.69. The van der Waals surface area contributed by atoms with Gasteiger partial charge in [0.25, 0.3) is 5.56 Å². The van der Waals surface area contributed by atoms with Crippen LogP contribution in [0.25, 0.3) is 11.6 Å². The zero-order valence-corrected chi connectivity index (χ0v) is 14.3. The molecule has 0 saturated heterocycles. The summed E-state index contributed by atoms with van der Waals surface area (Å²) in [5, 5.41) is 0. The zero-order chi connectivity index (χ0) is 17.2. The fourth-order valence-electron chi connectivity index (χ4n) is 3.28. The van der Waals surface area contributed by atoms with Crippen LogP contribution < -0.4 is 5.56 Å². The summed E-state index contributed by atoms with van der Waals surface area (Å²) in [6, 6.07) is 12.3. The molecule has 0 fully saturated rings. The van der Waals surface area contributed by atoms with Crippen molar-refractivity contribution >= 4 is 0 Å². The van der Waals surface area contributed by atoms with Gasteiger partial charge in [-0.15, -0.1) is 0 Å². The van der Waals surface area contributed by atoms with E-state index in [-0.39, 0.29) is 5.56 Å². The highest BCUT2D eigenvalue weighted by atomic mass is 16.3. The summed E-state index contributed by atoms with van der Waals surface area (Å²) >= 11 is 0. The Morgan fingerprint density at radius 2 is 2.00 bits per heavy atom. The van der Waals surface area contributed by atoms with Gasteiger partial charge in [-0.1, -0.05) is 31.2 Å². The van der Waals surface area contributed by atoms with Crippen molar-refractivity contribution in [2.75, 3.05) is 6.54 Å². The van der Waals surface area contributed by atoms with Gasteiger partial charge in [-0.2, -0.15) is 0 Å². The Hall–Kier alpha value is -2.66. The standard InChI is InChI=1S/C20H21N3O2/c1-2-14-5-7-15(8-6-14)12-23-10-9-17-16(13-23)20(24)22-19(21-17)18-4-3-11-25-18/h3-8,11H,2,9-10,12-13H2,1H3,(H,21,22,24). The first kappa shape index (κ1) is 15.8. The number of aryl methyl sites for hydroxylation is 1. The molecule has 2 aromatic heterocycles. The maximum atomic E-state index is 12.5. The minimum atomic E-state index is -0.0672. The average molecular weight is 335 g/mol. The van der Waals surface area contributed by atoms with E-state index in [0.29, 0.717) is 18.1 Å². The number of nitrogens with one attached hydrogen (secondary N) is 1. The molecule has 1 aliphatic rings. The summed E-state index contributed by atoms with van der Waals surface area (Å²) in [6.45, 7) is 4.54. The normalized spacial score (nSPS) is 14.4. The number of benzene rings is 1. The number of aromatic amines is 1. The predicted molar refractivity (Wildman–Crippen MR) is 96.2 cm³/mol. The highest BCUT2D eigenvalue weighted by Gasteiger charge is 2.22. The summed E-state index contributed by atoms with van der Waals surface area (Å²) in [5.74, 6) is 1.11. The Bertz CT molecular complexity index is 911. The summed E-state index contributed by atoms with van der Waals surface area (Å²) in [5.41, 5.74) is 4.21. The lowest BCUT2D eigenvalue weighted by Gasteiger charge is -2.27. The third kappa shape index (κ3) is 3.28. The van der Waals surface area contributed by atoms with Crippen LogP contribution in [0.15, 0.2) is 51.9 Å². The summed E-state index contributed by atoms with van der Waals surface area (Å²) < 4.78 is 5.34. The molecule has 3 heterocycles. The van der Waals surface area contributed by atoms with Crippen molar-refractivity contribution in [3.05, 3.63) is 75.4 Å². The van der Waals surface area contributed by atoms with E-state index in [1.165, 1.54) is 11.1 Å². The van der Waals surface area contributed by atoms with Gasteiger partial charge in [-0.05, 0) is 29.7 Å². The predicted octanol–water partition coefficient (Wildman–Crippen LogP) is 3.15. The molecule has 5 nitrogen and oxygen atoms in total. The van der Waals surface area contributed by atoms with E-state index in [1.54, 1.807) is 18.4 Å². The van der Waals surface area contributed by atoms with Gasteiger partial charge in [0.15, 0.2) is 11.6 Å². The van der Waals surface area contributed by atoms with Crippen LogP contribution in [0.3, 0.4) is 0 Å². The Kier molecular flexibility index (Phi) is 4.24. The maximum Gasteiger partial charge on any atom is 0.256 e. The van der Waals surface area contributed by atoms with Gasteiger partial charge < -0.3 is 9.40 Å². The Balaban J connectivity index is 1.54. The molecule has 0 unspecified atom stereocenters. The molecule has 25 heavy (non-hydrogen) atoms. The molecule has 1 N–H and O–H groups in total. The lowest BCUT2D eigenvalue weighted by atomic mass is 10.0. The van der Waals surface area contributed by atoms with E-state index in [2.05, 4.69) is 46.1 Å². The van der Waals surface area contributed by atoms with Crippen LogP contribution in [-0.4, -0.2) is 21.4 Å². The van der Waals surface area contributed by atoms with Gasteiger partial charge in [0.1, 0.15) is 0 Å². The van der Waals surface area contributed by atoms with Crippen LogP contribution in [0.5, 0.6) is 0 Å². The average Bonchev–Trinajstić information content (AvgIpc) is 3.17. The van der Waals surface area contributed by atoms with Gasteiger partial charge >= 0.3 is 0 Å². The molecule has 0 amide bonds. The topological polar surface area (TPSA) is 62.1 Å². The van der Waals surface area contributed by atoms with E-state index in [9.17, 15) is 4.79 Å². The molecule has 5 heteroatoms. The number of hydrogen-bond donors (Lipinski definition) is 1. The molecule has 0 spiro atoms. The molecule has 3 aromatic rings. The van der Waals surface area contributed by atoms with E-state index in [1.807, 2.05) is 0 Å². The van der Waals surface area contributed by atoms with Crippen molar-refractivity contribution in [3.8, 4) is 11.6 Å². The molecular formula is C20H21N3O2. The number of H-pyrrole nitrogens is 1. The lowest BCUT2D eigenvalue weighted by Crippen LogP contribution is -2.35. The zero-order valence-electron chi connectivity index (χ0n) is 14.3. The molecule has 0 aliphatic carbocycles. The number of furan rings is 1. The second-order valence-electron chi connectivity index (χ2n) is 6.45. The van der Waals surface area contributed by atoms with Crippen LogP contribution in [-0.2, 0) is 25.9 Å². The largest absolute Gasteiger partial charge is 0.461 e. The fraction of sp³-hybridized carbons (Fsp3) is 0.300. The summed E-state index contributed by atoms with van der Waals surface area (Å²) in [4.78, 5) is 22.3. The molecule has 4 rings (SSSR count). The Labute approximate surface area is 146 Å². The lowest BCUT2D eigenvalue weighted by molar-refractivity contribution is 0.242. The molecule has 0 bridgehead atoms. The van der Waals surface area contributed by atoms with Gasteiger partial charge in [-0.25, -0.2) is 4.98 Å². The highest BCUT2D eigenvalue weighted by molar-refractivity contribution is 5.47. The Morgan fingerprint density at radius 3 is 2.72 bits per heavy atom. The van der Waals surface area contributed by atoms with Crippen molar-refractivity contribution in [3.63, 3.8) is 0 Å². The Morgan fingerprint density at radius 1 is 1.20 bits per heavy atom. The minimum Gasteiger partial charge on any atom is -0.461 e. The minimum absolute atomic E-state index is 0.0672. The van der Waals surface area contributed by atoms with Crippen LogP contribution in [0.1, 0.15) is 29.3 Å². The van der Waals surface area contributed by atoms with Gasteiger partial charge in [0.05, 0.1) is 17.5 Å². The second-order valence-corrected chi connectivity index (χ2v) is 6.45. The number of fused-ring (bicyclic) bond motifs is 1. The van der Waals surface area contributed by atoms with E-state index >= 15 is 0 Å². The van der Waals surface area contributed by atoms with E-state index < -0.39 is 0 Å². The molecule has 128 valence electrons. The first-order chi connectivity index (χ1) is 12.2. The summed E-state index contributed by atoms with van der Waals surface area (Å²) in [6.07, 6.45) is 3.41. The second kappa shape index (κ2) is 6.69. The van der Waals surface area contributed by atoms with Gasteiger partial charge in [-0.3, -0.25) is 9.69 Å². The summed E-state index contributed by atoms with van der Waals surface area (Å²) in [7, 11) is 0. The first-order valence-corrected chi connectivity index (χ1v) is 8.69. The quantitative estimate of drug-likeness (QED) is 0.795. The molecular weight excluding hydrogens is 314 g/mol. The molecule has 0 saturated carbocycles. The molecule has 0 atom stereocenters. The third-order valence-electron chi connectivity index (χ3n) is 4.74. The molecule has 0 radical (unpaired) electrons. The third-order valence-corrected chi connectivity index (χ3v) is 4.74. The number of aromatic nitrogens is 2. The van der Waals surface area contributed by atoms with Crippen LogP contribution in [0.4, 0.5) is 0 Å². The van der Waals surface area contributed by atoms with Crippen molar-refractivity contribution in [1.29, 1.82) is 0 Å². The smallest absolute Gasteiger partial charge is 0.256 e. The highest BCUT2D eigenvalue weighted by Crippen LogP contribution is 2.20. The van der Waals surface area contributed by atoms with Crippen LogP contribution in [0, 0.1) is 0 Å². The number of nitrogens with zero attached hydrogens (tertiary/aromatic N) is 2. The monoisotopic (exact) mass is 335 g/mol. The van der Waals surface area contributed by atoms with Crippen LogP contribution >= 0.6 is 0 Å². The van der Waals surface area contributed by atoms with Crippen LogP contribution in [0.2, 0.25) is 0 Å². The van der Waals surface area contributed by atoms with Crippen molar-refractivity contribution in [2.45, 2.75) is 32.9 Å². The maximum absolute atomic E-state index is 12.5. The van der Waals surface area contributed by atoms with Gasteiger partial charge in [0, 0.05) is 26.1 Å². The SMILES string of the molecule is CCc1ccc(CN2CCc3nc(-c4ccco4)[nH]c(=O)c3C2)cc1.